The van der Waals surface area contributed by atoms with E-state index in [1.54, 1.807) is 6.20 Å². The first-order valence-corrected chi connectivity index (χ1v) is 6.23. The van der Waals surface area contributed by atoms with Crippen LogP contribution in [0, 0.1) is 0 Å². The van der Waals surface area contributed by atoms with E-state index in [-0.39, 0.29) is 5.91 Å². The van der Waals surface area contributed by atoms with E-state index in [1.807, 2.05) is 18.3 Å². The van der Waals surface area contributed by atoms with E-state index in [9.17, 15) is 4.79 Å². The monoisotopic (exact) mass is 233 g/mol. The lowest BCUT2D eigenvalue weighted by molar-refractivity contribution is -0.120. The molecule has 1 fully saturated rings. The second kappa shape index (κ2) is 6.35. The number of hydrogen-bond donors (Lipinski definition) is 2. The van der Waals surface area contributed by atoms with E-state index >= 15 is 0 Å². The number of aromatic nitrogens is 1. The zero-order valence-corrected chi connectivity index (χ0v) is 9.98. The minimum absolute atomic E-state index is 0.0980. The number of nitrogens with zero attached hydrogens (tertiary/aromatic N) is 1. The van der Waals surface area contributed by atoms with Gasteiger partial charge in [-0.25, -0.2) is 0 Å². The Morgan fingerprint density at radius 2 is 2.24 bits per heavy atom. The highest BCUT2D eigenvalue weighted by Gasteiger charge is 2.16. The highest BCUT2D eigenvalue weighted by molar-refractivity contribution is 5.78. The molecule has 4 nitrogen and oxygen atoms in total. The van der Waals surface area contributed by atoms with Crippen molar-refractivity contribution in [3.05, 3.63) is 30.1 Å². The number of rotatable bonds is 5. The molecule has 0 aliphatic heterocycles. The topological polar surface area (TPSA) is 54.0 Å². The quantitative estimate of drug-likeness (QED) is 0.804. The van der Waals surface area contributed by atoms with E-state index in [0.717, 1.165) is 18.4 Å². The van der Waals surface area contributed by atoms with Gasteiger partial charge in [0.05, 0.1) is 6.54 Å². The average Bonchev–Trinajstić information content (AvgIpc) is 2.83. The van der Waals surface area contributed by atoms with Gasteiger partial charge >= 0.3 is 0 Å². The molecule has 1 aliphatic carbocycles. The number of hydrogen-bond acceptors (Lipinski definition) is 3. The first-order valence-electron chi connectivity index (χ1n) is 6.23. The normalized spacial score (nSPS) is 16.0. The molecule has 17 heavy (non-hydrogen) atoms. The van der Waals surface area contributed by atoms with Crippen molar-refractivity contribution in [2.45, 2.75) is 38.3 Å². The molecular weight excluding hydrogens is 214 g/mol. The lowest BCUT2D eigenvalue weighted by Crippen LogP contribution is -2.38. The predicted octanol–water partition coefficient (Wildman–Crippen LogP) is 1.23. The van der Waals surface area contributed by atoms with E-state index in [1.165, 1.54) is 12.8 Å². The smallest absolute Gasteiger partial charge is 0.234 e. The van der Waals surface area contributed by atoms with Gasteiger partial charge in [0.25, 0.3) is 0 Å². The minimum Gasteiger partial charge on any atom is -0.352 e. The van der Waals surface area contributed by atoms with Crippen LogP contribution in [-0.4, -0.2) is 23.5 Å². The van der Waals surface area contributed by atoms with E-state index < -0.39 is 0 Å². The zero-order valence-electron chi connectivity index (χ0n) is 9.98. The molecule has 4 heteroatoms. The largest absolute Gasteiger partial charge is 0.352 e. The lowest BCUT2D eigenvalue weighted by Gasteiger charge is -2.12. The maximum atomic E-state index is 11.6. The van der Waals surface area contributed by atoms with Gasteiger partial charge in [0, 0.05) is 25.0 Å². The molecule has 1 heterocycles. The average molecular weight is 233 g/mol. The van der Waals surface area contributed by atoms with Crippen LogP contribution in [0.1, 0.15) is 31.2 Å². The lowest BCUT2D eigenvalue weighted by atomic mass is 10.2. The van der Waals surface area contributed by atoms with Gasteiger partial charge in [0.2, 0.25) is 5.91 Å². The van der Waals surface area contributed by atoms with Crippen LogP contribution in [-0.2, 0) is 11.3 Å². The summed E-state index contributed by atoms with van der Waals surface area (Å²) in [5.41, 5.74) is 1.10. The van der Waals surface area contributed by atoms with E-state index in [4.69, 9.17) is 0 Å². The number of carbonyl (C=O) groups is 1. The molecule has 1 saturated carbocycles. The summed E-state index contributed by atoms with van der Waals surface area (Å²) in [4.78, 5) is 15.6. The minimum atomic E-state index is 0.0980. The SMILES string of the molecule is O=C(CNCc1cccnc1)NC1CCCC1. The third kappa shape index (κ3) is 4.15. The third-order valence-electron chi connectivity index (χ3n) is 3.06. The Bertz CT molecular complexity index is 347. The van der Waals surface area contributed by atoms with Crippen molar-refractivity contribution in [3.8, 4) is 0 Å². The van der Waals surface area contributed by atoms with Gasteiger partial charge in [-0.15, -0.1) is 0 Å². The van der Waals surface area contributed by atoms with Crippen molar-refractivity contribution in [1.82, 2.24) is 15.6 Å². The maximum absolute atomic E-state index is 11.6. The molecule has 1 amide bonds. The number of amides is 1. The van der Waals surface area contributed by atoms with Gasteiger partial charge in [0.1, 0.15) is 0 Å². The van der Waals surface area contributed by atoms with Crippen molar-refractivity contribution in [2.75, 3.05) is 6.54 Å². The number of carbonyl (C=O) groups excluding carboxylic acids is 1. The summed E-state index contributed by atoms with van der Waals surface area (Å²) in [5, 5.41) is 6.17. The molecule has 0 aromatic carbocycles. The second-order valence-electron chi connectivity index (χ2n) is 4.51. The van der Waals surface area contributed by atoms with Crippen LogP contribution in [0.2, 0.25) is 0 Å². The van der Waals surface area contributed by atoms with Crippen molar-refractivity contribution in [1.29, 1.82) is 0 Å². The summed E-state index contributed by atoms with van der Waals surface area (Å²) in [6.45, 7) is 1.07. The van der Waals surface area contributed by atoms with E-state index in [2.05, 4.69) is 15.6 Å². The standard InChI is InChI=1S/C13H19N3O/c17-13(16-12-5-1-2-6-12)10-15-9-11-4-3-7-14-8-11/h3-4,7-8,12,15H,1-2,5-6,9-10H2,(H,16,17). The molecule has 1 aromatic rings. The summed E-state index contributed by atoms with van der Waals surface area (Å²) in [6, 6.07) is 4.30. The molecular formula is C13H19N3O. The third-order valence-corrected chi connectivity index (χ3v) is 3.06. The molecule has 0 radical (unpaired) electrons. The molecule has 0 spiro atoms. The highest BCUT2D eigenvalue weighted by atomic mass is 16.1. The molecule has 0 unspecified atom stereocenters. The predicted molar refractivity (Wildman–Crippen MR) is 66.3 cm³/mol. The summed E-state index contributed by atoms with van der Waals surface area (Å²) in [7, 11) is 0. The van der Waals surface area contributed by atoms with Gasteiger partial charge in [-0.05, 0) is 24.5 Å². The highest BCUT2D eigenvalue weighted by Crippen LogP contribution is 2.17. The molecule has 2 rings (SSSR count). The van der Waals surface area contributed by atoms with E-state index in [0.29, 0.717) is 19.1 Å². The molecule has 0 bridgehead atoms. The Labute approximate surface area is 102 Å². The van der Waals surface area contributed by atoms with Crippen LogP contribution in [0.3, 0.4) is 0 Å². The van der Waals surface area contributed by atoms with Crippen molar-refractivity contribution in [2.24, 2.45) is 0 Å². The van der Waals surface area contributed by atoms with Crippen LogP contribution < -0.4 is 10.6 Å². The fraction of sp³-hybridized carbons (Fsp3) is 0.538. The number of pyridine rings is 1. The fourth-order valence-corrected chi connectivity index (χ4v) is 2.17. The maximum Gasteiger partial charge on any atom is 0.234 e. The molecule has 1 aliphatic rings. The Balaban J connectivity index is 1.63. The number of nitrogens with one attached hydrogen (secondary N) is 2. The fourth-order valence-electron chi connectivity index (χ4n) is 2.17. The van der Waals surface area contributed by atoms with Crippen LogP contribution in [0.15, 0.2) is 24.5 Å². The molecule has 0 saturated heterocycles. The molecule has 92 valence electrons. The second-order valence-corrected chi connectivity index (χ2v) is 4.51. The summed E-state index contributed by atoms with van der Waals surface area (Å²) >= 11 is 0. The zero-order chi connectivity index (χ0) is 11.9. The Morgan fingerprint density at radius 3 is 2.94 bits per heavy atom. The van der Waals surface area contributed by atoms with Gasteiger partial charge in [-0.1, -0.05) is 18.9 Å². The molecule has 1 aromatic heterocycles. The van der Waals surface area contributed by atoms with Crippen LogP contribution in [0.25, 0.3) is 0 Å². The van der Waals surface area contributed by atoms with Gasteiger partial charge in [-0.3, -0.25) is 9.78 Å². The van der Waals surface area contributed by atoms with Crippen molar-refractivity contribution >= 4 is 5.91 Å². The van der Waals surface area contributed by atoms with Crippen LogP contribution in [0.4, 0.5) is 0 Å². The van der Waals surface area contributed by atoms with Crippen molar-refractivity contribution in [3.63, 3.8) is 0 Å². The Morgan fingerprint density at radius 1 is 1.41 bits per heavy atom. The first-order chi connectivity index (χ1) is 8.34. The summed E-state index contributed by atoms with van der Waals surface area (Å²) in [6.07, 6.45) is 8.31. The molecule has 0 atom stereocenters. The first kappa shape index (κ1) is 12.0. The van der Waals surface area contributed by atoms with Gasteiger partial charge < -0.3 is 10.6 Å². The summed E-state index contributed by atoms with van der Waals surface area (Å²) in [5.74, 6) is 0.0980. The van der Waals surface area contributed by atoms with Crippen LogP contribution >= 0.6 is 0 Å². The van der Waals surface area contributed by atoms with Gasteiger partial charge in [-0.2, -0.15) is 0 Å². The Kier molecular flexibility index (Phi) is 4.50. The van der Waals surface area contributed by atoms with Gasteiger partial charge in [0.15, 0.2) is 0 Å². The Hall–Kier alpha value is -1.42. The molecule has 2 N–H and O–H groups in total. The summed E-state index contributed by atoms with van der Waals surface area (Å²) < 4.78 is 0. The van der Waals surface area contributed by atoms with Crippen molar-refractivity contribution < 1.29 is 4.79 Å². The van der Waals surface area contributed by atoms with Crippen LogP contribution in [0.5, 0.6) is 0 Å².